The van der Waals surface area contributed by atoms with Crippen LogP contribution in [0.1, 0.15) is 0 Å². The number of benzene rings is 1. The van der Waals surface area contributed by atoms with E-state index in [1.54, 1.807) is 20.0 Å². The molecule has 1 aliphatic heterocycles. The minimum absolute atomic E-state index is 0.0846. The van der Waals surface area contributed by atoms with E-state index in [0.29, 0.717) is 21.1 Å². The number of hydrogen-bond donors (Lipinski definition) is 3. The fourth-order valence-electron chi connectivity index (χ4n) is 3.16. The first kappa shape index (κ1) is 18.6. The van der Waals surface area contributed by atoms with Crippen LogP contribution in [0.3, 0.4) is 0 Å². The van der Waals surface area contributed by atoms with Gasteiger partial charge in [-0.05, 0) is 12.1 Å². The molecule has 1 amide bonds. The average Bonchev–Trinajstić information content (AvgIpc) is 3.16. The summed E-state index contributed by atoms with van der Waals surface area (Å²) >= 11 is 1.35. The molecule has 11 heteroatoms. The van der Waals surface area contributed by atoms with Gasteiger partial charge in [-0.15, -0.1) is 0 Å². The van der Waals surface area contributed by atoms with Crippen LogP contribution in [0.2, 0.25) is 0 Å². The highest BCUT2D eigenvalue weighted by Gasteiger charge is 2.19. The first-order chi connectivity index (χ1) is 13.6. The van der Waals surface area contributed by atoms with Crippen LogP contribution < -0.4 is 32.3 Å². The largest absolute Gasteiger partial charge is 0.354 e. The molecule has 3 heterocycles. The van der Waals surface area contributed by atoms with E-state index < -0.39 is 0 Å². The smallest absolute Gasteiger partial charge is 0.270 e. The number of nitrogens with one attached hydrogen (secondary N) is 2. The lowest BCUT2D eigenvalue weighted by Crippen LogP contribution is -2.48. The number of rotatable bonds is 4. The maximum Gasteiger partial charge on any atom is 0.270 e. The minimum Gasteiger partial charge on any atom is -0.354 e. The van der Waals surface area contributed by atoms with Gasteiger partial charge in [-0.1, -0.05) is 23.5 Å². The average molecular weight is 397 g/mol. The summed E-state index contributed by atoms with van der Waals surface area (Å²) in [6, 6.07) is 7.29. The Bertz CT molecular complexity index is 1090. The normalized spacial score (nSPS) is 14.4. The third kappa shape index (κ3) is 3.51. The second-order valence-electron chi connectivity index (χ2n) is 6.54. The van der Waals surface area contributed by atoms with Gasteiger partial charge in [0.05, 0.1) is 6.54 Å². The zero-order valence-corrected chi connectivity index (χ0v) is 16.3. The monoisotopic (exact) mass is 397 g/mol. The number of amides is 1. The predicted octanol–water partition coefficient (Wildman–Crippen LogP) is -1.62. The molecule has 1 aliphatic rings. The highest BCUT2D eigenvalue weighted by Crippen LogP contribution is 2.27. The molecule has 0 spiro atoms. The molecular formula is C17H20BN7O2S. The van der Waals surface area contributed by atoms with Crippen LogP contribution >= 0.6 is 11.3 Å². The molecule has 1 fully saturated rings. The Morgan fingerprint density at radius 1 is 1.36 bits per heavy atom. The standard InChI is InChI=1S/C17H20BN7O2S/c18-13-14(24-6-4-20-5-7-24)22-17-25(16(13)27)23-15(28-17)10-2-1-3-11(8-10)21-12(26)9-19/h1-3,8,20H,4-7,9,18-19H2,(H,21,26). The number of aromatic nitrogens is 3. The van der Waals surface area contributed by atoms with Gasteiger partial charge in [0, 0.05) is 42.9 Å². The van der Waals surface area contributed by atoms with E-state index in [2.05, 4.69) is 20.6 Å². The lowest BCUT2D eigenvalue weighted by Gasteiger charge is -2.29. The van der Waals surface area contributed by atoms with E-state index in [4.69, 9.17) is 10.7 Å². The second-order valence-corrected chi connectivity index (χ2v) is 7.49. The van der Waals surface area contributed by atoms with Crippen molar-refractivity contribution in [3.63, 3.8) is 0 Å². The van der Waals surface area contributed by atoms with Gasteiger partial charge in [0.2, 0.25) is 10.9 Å². The maximum absolute atomic E-state index is 12.8. The van der Waals surface area contributed by atoms with E-state index in [1.165, 1.54) is 15.9 Å². The molecule has 1 saturated heterocycles. The fraction of sp³-hybridized carbons (Fsp3) is 0.294. The van der Waals surface area contributed by atoms with Crippen molar-refractivity contribution >= 4 is 47.0 Å². The molecule has 0 atom stereocenters. The van der Waals surface area contributed by atoms with Crippen LogP contribution in [-0.4, -0.2) is 61.1 Å². The molecule has 28 heavy (non-hydrogen) atoms. The summed E-state index contributed by atoms with van der Waals surface area (Å²) in [5, 5.41) is 11.1. The summed E-state index contributed by atoms with van der Waals surface area (Å²) in [5.41, 5.74) is 7.22. The van der Waals surface area contributed by atoms with Gasteiger partial charge in [0.1, 0.15) is 10.8 Å². The number of carbonyl (C=O) groups is 1. The van der Waals surface area contributed by atoms with Crippen molar-refractivity contribution in [1.29, 1.82) is 0 Å². The van der Waals surface area contributed by atoms with E-state index in [0.717, 1.165) is 37.6 Å². The van der Waals surface area contributed by atoms with Crippen molar-refractivity contribution in [3.8, 4) is 10.6 Å². The van der Waals surface area contributed by atoms with Crippen molar-refractivity contribution in [2.75, 3.05) is 42.9 Å². The lowest BCUT2D eigenvalue weighted by molar-refractivity contribution is -0.114. The van der Waals surface area contributed by atoms with E-state index in [1.807, 2.05) is 12.1 Å². The van der Waals surface area contributed by atoms with Crippen molar-refractivity contribution < 1.29 is 4.79 Å². The maximum atomic E-state index is 12.8. The van der Waals surface area contributed by atoms with Crippen LogP contribution in [-0.2, 0) is 4.79 Å². The Labute approximate surface area is 166 Å². The zero-order chi connectivity index (χ0) is 19.7. The molecule has 0 radical (unpaired) electrons. The Morgan fingerprint density at radius 3 is 2.89 bits per heavy atom. The van der Waals surface area contributed by atoms with Crippen LogP contribution in [0.15, 0.2) is 29.1 Å². The summed E-state index contributed by atoms with van der Waals surface area (Å²) in [7, 11) is 1.79. The van der Waals surface area contributed by atoms with Gasteiger partial charge in [-0.2, -0.15) is 9.61 Å². The van der Waals surface area contributed by atoms with E-state index >= 15 is 0 Å². The molecule has 1 aromatic carbocycles. The Balaban J connectivity index is 1.74. The molecule has 0 unspecified atom stereocenters. The Hall–Kier alpha value is -2.76. The molecule has 4 N–H and O–H groups in total. The first-order valence-electron chi connectivity index (χ1n) is 9.03. The summed E-state index contributed by atoms with van der Waals surface area (Å²) in [6.07, 6.45) is 0. The third-order valence-corrected chi connectivity index (χ3v) is 5.56. The highest BCUT2D eigenvalue weighted by atomic mass is 32.1. The summed E-state index contributed by atoms with van der Waals surface area (Å²) in [5.74, 6) is 0.460. The van der Waals surface area contributed by atoms with Gasteiger partial charge >= 0.3 is 0 Å². The van der Waals surface area contributed by atoms with Gasteiger partial charge < -0.3 is 21.3 Å². The summed E-state index contributed by atoms with van der Waals surface area (Å²) in [4.78, 5) is 31.8. The van der Waals surface area contributed by atoms with Crippen molar-refractivity contribution in [2.45, 2.75) is 0 Å². The van der Waals surface area contributed by atoms with Crippen LogP contribution in [0.4, 0.5) is 11.5 Å². The first-order valence-corrected chi connectivity index (χ1v) is 9.85. The molecular weight excluding hydrogens is 377 g/mol. The zero-order valence-electron chi connectivity index (χ0n) is 15.4. The molecule has 0 saturated carbocycles. The van der Waals surface area contributed by atoms with Gasteiger partial charge in [-0.25, -0.2) is 4.98 Å². The minimum atomic E-state index is -0.268. The third-order valence-electron chi connectivity index (χ3n) is 4.61. The van der Waals surface area contributed by atoms with Crippen molar-refractivity contribution in [2.24, 2.45) is 5.73 Å². The summed E-state index contributed by atoms with van der Waals surface area (Å²) in [6.45, 7) is 3.29. The molecule has 2 aromatic heterocycles. The van der Waals surface area contributed by atoms with Crippen LogP contribution in [0, 0.1) is 0 Å². The number of hydrogen-bond acceptors (Lipinski definition) is 8. The number of carbonyl (C=O) groups excluding carboxylic acids is 1. The number of nitrogens with two attached hydrogens (primary N) is 1. The topological polar surface area (TPSA) is 118 Å². The number of anilines is 2. The van der Waals surface area contributed by atoms with Crippen molar-refractivity contribution in [1.82, 2.24) is 19.9 Å². The lowest BCUT2D eigenvalue weighted by atomic mass is 9.98. The van der Waals surface area contributed by atoms with Crippen molar-refractivity contribution in [3.05, 3.63) is 34.6 Å². The molecule has 3 aromatic rings. The molecule has 0 aliphatic carbocycles. The highest BCUT2D eigenvalue weighted by molar-refractivity contribution is 7.19. The Morgan fingerprint density at radius 2 is 2.14 bits per heavy atom. The number of nitrogens with zero attached hydrogens (tertiary/aromatic N) is 4. The van der Waals surface area contributed by atoms with Crippen LogP contribution in [0.5, 0.6) is 0 Å². The molecule has 4 rings (SSSR count). The van der Waals surface area contributed by atoms with Crippen LogP contribution in [0.25, 0.3) is 15.5 Å². The van der Waals surface area contributed by atoms with E-state index in [9.17, 15) is 9.59 Å². The number of fused-ring (bicyclic) bond motifs is 1. The van der Waals surface area contributed by atoms with Gasteiger partial charge in [-0.3, -0.25) is 9.59 Å². The Kier molecular flexibility index (Phi) is 5.12. The predicted molar refractivity (Wildman–Crippen MR) is 114 cm³/mol. The molecule has 144 valence electrons. The van der Waals surface area contributed by atoms with E-state index in [-0.39, 0.29) is 18.0 Å². The second kappa shape index (κ2) is 7.70. The fourth-order valence-corrected chi connectivity index (χ4v) is 4.04. The van der Waals surface area contributed by atoms with Gasteiger partial charge in [0.25, 0.3) is 5.56 Å². The number of piperazine rings is 1. The van der Waals surface area contributed by atoms with Gasteiger partial charge in [0.15, 0.2) is 7.85 Å². The molecule has 9 nitrogen and oxygen atoms in total. The molecule has 0 bridgehead atoms. The quantitative estimate of drug-likeness (QED) is 0.453. The summed E-state index contributed by atoms with van der Waals surface area (Å²) < 4.78 is 1.35. The SMILES string of the molecule is Bc1c(N2CCNCC2)nc2sc(-c3cccc(NC(=O)CN)c3)nn2c1=O.